The monoisotopic (exact) mass is 479 g/mol. The molecule has 0 radical (unpaired) electrons. The Labute approximate surface area is 172 Å². The van der Waals surface area contributed by atoms with Gasteiger partial charge in [-0.2, -0.15) is 0 Å². The topological polar surface area (TPSA) is 81.2 Å². The van der Waals surface area contributed by atoms with Crippen molar-refractivity contribution in [3.8, 4) is 11.5 Å². The van der Waals surface area contributed by atoms with Crippen molar-refractivity contribution in [3.63, 3.8) is 0 Å². The van der Waals surface area contributed by atoms with Crippen LogP contribution in [0.4, 0.5) is 0 Å². The zero-order valence-corrected chi connectivity index (χ0v) is 18.3. The summed E-state index contributed by atoms with van der Waals surface area (Å²) in [5.41, 5.74) is 1.14. The summed E-state index contributed by atoms with van der Waals surface area (Å²) in [4.78, 5) is 15.2. The summed E-state index contributed by atoms with van der Waals surface area (Å²) < 4.78 is 15.8. The molecule has 0 aromatic heterocycles. The predicted molar refractivity (Wildman–Crippen MR) is 114 cm³/mol. The molecule has 0 unspecified atom stereocenters. The number of ether oxygens (including phenoxy) is 3. The lowest BCUT2D eigenvalue weighted by Crippen LogP contribution is -2.39. The fraction of sp³-hybridized carbons (Fsp3) is 0.556. The largest absolute Gasteiger partial charge is 0.490 e. The number of nitrogens with one attached hydrogen (secondary N) is 2. The van der Waals surface area contributed by atoms with Crippen LogP contribution in [0.25, 0.3) is 0 Å². The van der Waals surface area contributed by atoms with Gasteiger partial charge in [0.1, 0.15) is 0 Å². The molecule has 0 aliphatic carbocycles. The Balaban J connectivity index is 0.00000625. The van der Waals surface area contributed by atoms with Gasteiger partial charge < -0.3 is 24.8 Å². The van der Waals surface area contributed by atoms with E-state index in [0.717, 1.165) is 23.5 Å². The number of benzene rings is 1. The first-order valence-electron chi connectivity index (χ1n) is 8.54. The molecular weight excluding hydrogens is 449 g/mol. The average molecular weight is 479 g/mol. The molecule has 148 valence electrons. The molecule has 0 heterocycles. The summed E-state index contributed by atoms with van der Waals surface area (Å²) in [5, 5.41) is 6.29. The lowest BCUT2D eigenvalue weighted by molar-refractivity contribution is -0.140. The fourth-order valence-corrected chi connectivity index (χ4v) is 2.18. The lowest BCUT2D eigenvalue weighted by atomic mass is 10.1. The highest BCUT2D eigenvalue weighted by molar-refractivity contribution is 14.0. The van der Waals surface area contributed by atoms with E-state index in [0.29, 0.717) is 38.7 Å². The molecule has 7 nitrogen and oxygen atoms in total. The molecule has 0 amide bonds. The molecule has 0 fully saturated rings. The third-order valence-corrected chi connectivity index (χ3v) is 3.39. The molecule has 8 heteroatoms. The Hall–Kier alpha value is -1.71. The minimum absolute atomic E-state index is 0. The summed E-state index contributed by atoms with van der Waals surface area (Å²) in [7, 11) is 3.07. The van der Waals surface area contributed by atoms with E-state index in [9.17, 15) is 4.79 Å². The lowest BCUT2D eigenvalue weighted by Gasteiger charge is -2.14. The normalized spacial score (nSPS) is 10.5. The summed E-state index contributed by atoms with van der Waals surface area (Å²) >= 11 is 0. The Morgan fingerprint density at radius 3 is 2.35 bits per heavy atom. The number of rotatable bonds is 10. The maximum atomic E-state index is 11.1. The van der Waals surface area contributed by atoms with E-state index in [2.05, 4.69) is 20.4 Å². The Morgan fingerprint density at radius 1 is 1.08 bits per heavy atom. The van der Waals surface area contributed by atoms with Crippen LogP contribution in [-0.2, 0) is 16.0 Å². The van der Waals surface area contributed by atoms with Gasteiger partial charge >= 0.3 is 5.97 Å². The first kappa shape index (κ1) is 24.3. The van der Waals surface area contributed by atoms with Crippen molar-refractivity contribution in [1.29, 1.82) is 0 Å². The van der Waals surface area contributed by atoms with Crippen LogP contribution in [0.15, 0.2) is 23.2 Å². The number of hydrogen-bond donors (Lipinski definition) is 2. The highest BCUT2D eigenvalue weighted by Crippen LogP contribution is 2.28. The number of carbonyl (C=O) groups is 1. The van der Waals surface area contributed by atoms with Crippen LogP contribution >= 0.6 is 24.0 Å². The number of nitrogens with zero attached hydrogens (tertiary/aromatic N) is 1. The van der Waals surface area contributed by atoms with E-state index in [1.54, 1.807) is 7.05 Å². The van der Waals surface area contributed by atoms with Gasteiger partial charge in [-0.1, -0.05) is 6.07 Å². The molecule has 0 aliphatic heterocycles. The van der Waals surface area contributed by atoms with Gasteiger partial charge in [-0.25, -0.2) is 0 Å². The van der Waals surface area contributed by atoms with E-state index >= 15 is 0 Å². The number of carbonyl (C=O) groups excluding carboxylic acids is 1. The van der Waals surface area contributed by atoms with Crippen molar-refractivity contribution >= 4 is 35.9 Å². The smallest absolute Gasteiger partial charge is 0.307 e. The van der Waals surface area contributed by atoms with E-state index in [-0.39, 0.29) is 29.9 Å². The maximum Gasteiger partial charge on any atom is 0.307 e. The third kappa shape index (κ3) is 9.12. The van der Waals surface area contributed by atoms with Gasteiger partial charge in [0.15, 0.2) is 17.5 Å². The van der Waals surface area contributed by atoms with E-state index < -0.39 is 0 Å². The Bertz CT molecular complexity index is 567. The molecule has 1 aromatic carbocycles. The van der Waals surface area contributed by atoms with E-state index in [4.69, 9.17) is 9.47 Å². The van der Waals surface area contributed by atoms with Crippen LogP contribution in [0.5, 0.6) is 11.5 Å². The molecule has 0 saturated heterocycles. The van der Waals surface area contributed by atoms with Crippen LogP contribution in [-0.4, -0.2) is 52.4 Å². The molecule has 0 aliphatic rings. The summed E-state index contributed by atoms with van der Waals surface area (Å²) in [5.74, 6) is 1.93. The quantitative estimate of drug-likeness (QED) is 0.232. The van der Waals surface area contributed by atoms with Gasteiger partial charge in [-0.3, -0.25) is 9.79 Å². The number of esters is 1. The molecule has 1 aromatic rings. The Morgan fingerprint density at radius 2 is 1.73 bits per heavy atom. The van der Waals surface area contributed by atoms with Crippen LogP contribution < -0.4 is 20.1 Å². The van der Waals surface area contributed by atoms with Crippen molar-refractivity contribution in [2.24, 2.45) is 4.99 Å². The molecule has 1 rings (SSSR count). The van der Waals surface area contributed by atoms with Gasteiger partial charge in [0.25, 0.3) is 0 Å². The van der Waals surface area contributed by atoms with Crippen LogP contribution in [0.2, 0.25) is 0 Å². The molecular formula is C18H30IN3O4. The number of guanidine groups is 1. The second kappa shape index (κ2) is 14.5. The van der Waals surface area contributed by atoms with Gasteiger partial charge in [-0.05, 0) is 38.0 Å². The summed E-state index contributed by atoms with van der Waals surface area (Å²) in [6, 6.07) is 5.97. The maximum absolute atomic E-state index is 11.1. The first-order valence-corrected chi connectivity index (χ1v) is 8.54. The van der Waals surface area contributed by atoms with Crippen LogP contribution in [0.1, 0.15) is 25.8 Å². The zero-order chi connectivity index (χ0) is 18.5. The molecule has 0 spiro atoms. The Kier molecular flexibility index (Phi) is 13.5. The minimum Gasteiger partial charge on any atom is -0.490 e. The second-order valence-corrected chi connectivity index (χ2v) is 5.15. The standard InChI is InChI=1S/C18H29N3O4.HI/c1-5-24-15-8-7-14(13-16(15)25-6-2)9-11-20-18(19-3)21-12-10-17(22)23-4;/h7-8,13H,5-6,9-12H2,1-4H3,(H2,19,20,21);1H. The SMILES string of the molecule is CCOc1ccc(CCNC(=NC)NCCC(=O)OC)cc1OCC.I. The first-order chi connectivity index (χ1) is 12.1. The highest BCUT2D eigenvalue weighted by atomic mass is 127. The molecule has 0 atom stereocenters. The minimum atomic E-state index is -0.249. The fourth-order valence-electron chi connectivity index (χ4n) is 2.18. The van der Waals surface area contributed by atoms with Crippen molar-refractivity contribution in [1.82, 2.24) is 10.6 Å². The van der Waals surface area contributed by atoms with Gasteiger partial charge in [0.05, 0.1) is 26.7 Å². The predicted octanol–water partition coefficient (Wildman–Crippen LogP) is 2.37. The highest BCUT2D eigenvalue weighted by Gasteiger charge is 2.07. The second-order valence-electron chi connectivity index (χ2n) is 5.15. The van der Waals surface area contributed by atoms with Crippen molar-refractivity contribution in [2.75, 3.05) is 40.5 Å². The van der Waals surface area contributed by atoms with Gasteiger partial charge in [-0.15, -0.1) is 24.0 Å². The molecule has 2 N–H and O–H groups in total. The number of methoxy groups -OCH3 is 1. The van der Waals surface area contributed by atoms with E-state index in [1.807, 2.05) is 32.0 Å². The number of hydrogen-bond acceptors (Lipinski definition) is 5. The van der Waals surface area contributed by atoms with Crippen molar-refractivity contribution in [2.45, 2.75) is 26.7 Å². The van der Waals surface area contributed by atoms with Gasteiger partial charge in [0, 0.05) is 20.1 Å². The average Bonchev–Trinajstić information content (AvgIpc) is 2.62. The molecule has 0 saturated carbocycles. The van der Waals surface area contributed by atoms with Crippen molar-refractivity contribution in [3.05, 3.63) is 23.8 Å². The van der Waals surface area contributed by atoms with E-state index in [1.165, 1.54) is 7.11 Å². The van der Waals surface area contributed by atoms with Crippen LogP contribution in [0.3, 0.4) is 0 Å². The van der Waals surface area contributed by atoms with Crippen molar-refractivity contribution < 1.29 is 19.0 Å². The molecule has 26 heavy (non-hydrogen) atoms. The van der Waals surface area contributed by atoms with Gasteiger partial charge in [0.2, 0.25) is 0 Å². The summed E-state index contributed by atoms with van der Waals surface area (Å²) in [6.07, 6.45) is 1.11. The molecule has 0 bridgehead atoms. The van der Waals surface area contributed by atoms with Crippen LogP contribution in [0, 0.1) is 0 Å². The zero-order valence-electron chi connectivity index (χ0n) is 16.0. The number of halogens is 1. The summed E-state index contributed by atoms with van der Waals surface area (Å²) in [6.45, 7) is 6.29. The third-order valence-electron chi connectivity index (χ3n) is 3.39. The number of aliphatic imine (C=N–C) groups is 1.